The van der Waals surface area contributed by atoms with Gasteiger partial charge in [-0.1, -0.05) is 30.3 Å². The van der Waals surface area contributed by atoms with Gasteiger partial charge in [-0.15, -0.1) is 11.3 Å². The third-order valence-corrected chi connectivity index (χ3v) is 5.11. The molecule has 0 fully saturated rings. The maximum atomic E-state index is 12.7. The van der Waals surface area contributed by atoms with E-state index < -0.39 is 12.1 Å². The zero-order chi connectivity index (χ0) is 18.1. The van der Waals surface area contributed by atoms with E-state index >= 15 is 0 Å². The topological polar surface area (TPSA) is 73.9 Å². The SMILES string of the molecule is COC(=O)c1c(NC(=O)[C@@H]2COc3ccccc3O2)sc2ccccc12. The van der Waals surface area contributed by atoms with Crippen molar-refractivity contribution in [3.05, 3.63) is 54.1 Å². The summed E-state index contributed by atoms with van der Waals surface area (Å²) in [7, 11) is 1.31. The first-order valence-corrected chi connectivity index (χ1v) is 8.78. The van der Waals surface area contributed by atoms with Crippen molar-refractivity contribution in [3.63, 3.8) is 0 Å². The van der Waals surface area contributed by atoms with Crippen LogP contribution in [0.2, 0.25) is 0 Å². The summed E-state index contributed by atoms with van der Waals surface area (Å²) in [5, 5.41) is 3.97. The van der Waals surface area contributed by atoms with Crippen LogP contribution in [-0.4, -0.2) is 31.7 Å². The van der Waals surface area contributed by atoms with Gasteiger partial charge in [0, 0.05) is 10.1 Å². The molecule has 6 nitrogen and oxygen atoms in total. The van der Waals surface area contributed by atoms with E-state index in [0.29, 0.717) is 22.1 Å². The van der Waals surface area contributed by atoms with Crippen LogP contribution in [0, 0.1) is 0 Å². The van der Waals surface area contributed by atoms with Crippen molar-refractivity contribution in [2.45, 2.75) is 6.10 Å². The highest BCUT2D eigenvalue weighted by atomic mass is 32.1. The number of esters is 1. The third kappa shape index (κ3) is 2.86. The molecule has 0 aliphatic carbocycles. The van der Waals surface area contributed by atoms with E-state index in [9.17, 15) is 9.59 Å². The van der Waals surface area contributed by atoms with Crippen molar-refractivity contribution < 1.29 is 23.8 Å². The van der Waals surface area contributed by atoms with E-state index in [2.05, 4.69) is 5.32 Å². The van der Waals surface area contributed by atoms with Gasteiger partial charge in [0.15, 0.2) is 11.5 Å². The number of thiophene rings is 1. The molecule has 132 valence electrons. The molecule has 0 radical (unpaired) electrons. The van der Waals surface area contributed by atoms with Crippen LogP contribution in [0.15, 0.2) is 48.5 Å². The number of benzene rings is 2. The maximum absolute atomic E-state index is 12.7. The monoisotopic (exact) mass is 369 g/mol. The first-order valence-electron chi connectivity index (χ1n) is 7.96. The summed E-state index contributed by atoms with van der Waals surface area (Å²) in [5.41, 5.74) is 0.346. The average Bonchev–Trinajstić information content (AvgIpc) is 3.04. The molecule has 1 aliphatic heterocycles. The second kappa shape index (κ2) is 6.68. The van der Waals surface area contributed by atoms with Gasteiger partial charge >= 0.3 is 5.97 Å². The fourth-order valence-electron chi connectivity index (χ4n) is 2.78. The van der Waals surface area contributed by atoms with Gasteiger partial charge in [-0.05, 0) is 18.2 Å². The standard InChI is InChI=1S/C19H15NO5S/c1-23-19(22)16-11-6-2-5-9-15(11)26-18(16)20-17(21)14-10-24-12-7-3-4-8-13(12)25-14/h2-9,14H,10H2,1H3,(H,20,21)/t14-/m0/s1. The smallest absolute Gasteiger partial charge is 0.341 e. The number of ether oxygens (including phenoxy) is 3. The lowest BCUT2D eigenvalue weighted by atomic mass is 10.1. The molecule has 0 spiro atoms. The Hall–Kier alpha value is -3.06. The highest BCUT2D eigenvalue weighted by Gasteiger charge is 2.29. The Bertz CT molecular complexity index is 997. The highest BCUT2D eigenvalue weighted by Crippen LogP contribution is 2.37. The van der Waals surface area contributed by atoms with Crippen LogP contribution in [0.25, 0.3) is 10.1 Å². The molecule has 3 aromatic rings. The molecule has 2 aromatic carbocycles. The number of fused-ring (bicyclic) bond motifs is 2. The molecular weight excluding hydrogens is 354 g/mol. The molecule has 4 rings (SSSR count). The minimum absolute atomic E-state index is 0.0985. The van der Waals surface area contributed by atoms with Crippen molar-refractivity contribution in [3.8, 4) is 11.5 Å². The molecule has 2 heterocycles. The molecule has 26 heavy (non-hydrogen) atoms. The van der Waals surface area contributed by atoms with Gasteiger partial charge in [0.05, 0.1) is 7.11 Å². The molecule has 0 saturated heterocycles. The predicted molar refractivity (Wildman–Crippen MR) is 98.1 cm³/mol. The lowest BCUT2D eigenvalue weighted by molar-refractivity contribution is -0.125. The molecule has 1 N–H and O–H groups in total. The number of amides is 1. The summed E-state index contributed by atoms with van der Waals surface area (Å²) >= 11 is 1.32. The predicted octanol–water partition coefficient (Wildman–Crippen LogP) is 3.47. The van der Waals surface area contributed by atoms with Crippen molar-refractivity contribution in [1.82, 2.24) is 0 Å². The molecule has 1 aromatic heterocycles. The fourth-order valence-corrected chi connectivity index (χ4v) is 3.87. The third-order valence-electron chi connectivity index (χ3n) is 4.02. The molecule has 7 heteroatoms. The van der Waals surface area contributed by atoms with Crippen LogP contribution >= 0.6 is 11.3 Å². The van der Waals surface area contributed by atoms with Gasteiger partial charge < -0.3 is 19.5 Å². The maximum Gasteiger partial charge on any atom is 0.341 e. The molecule has 1 atom stereocenters. The second-order valence-electron chi connectivity index (χ2n) is 5.65. The first-order chi connectivity index (χ1) is 12.7. The Labute approximate surface area is 153 Å². The normalized spacial score (nSPS) is 15.5. The minimum atomic E-state index is -0.805. The summed E-state index contributed by atoms with van der Waals surface area (Å²) in [4.78, 5) is 24.9. The van der Waals surface area contributed by atoms with Gasteiger partial charge in [0.25, 0.3) is 5.91 Å². The van der Waals surface area contributed by atoms with Crippen LogP contribution in [-0.2, 0) is 9.53 Å². The number of hydrogen-bond donors (Lipinski definition) is 1. The summed E-state index contributed by atoms with van der Waals surface area (Å²) in [6.07, 6.45) is -0.805. The molecule has 0 bridgehead atoms. The van der Waals surface area contributed by atoms with E-state index in [1.165, 1.54) is 18.4 Å². The van der Waals surface area contributed by atoms with E-state index in [0.717, 1.165) is 10.1 Å². The van der Waals surface area contributed by atoms with E-state index in [1.54, 1.807) is 12.1 Å². The van der Waals surface area contributed by atoms with Crippen molar-refractivity contribution in [1.29, 1.82) is 0 Å². The highest BCUT2D eigenvalue weighted by molar-refractivity contribution is 7.23. The average molecular weight is 369 g/mol. The van der Waals surface area contributed by atoms with Gasteiger partial charge in [-0.3, -0.25) is 4.79 Å². The number of rotatable bonds is 3. The Morgan fingerprint density at radius 1 is 1.12 bits per heavy atom. The number of carbonyl (C=O) groups excluding carboxylic acids is 2. The van der Waals surface area contributed by atoms with Gasteiger partial charge in [-0.2, -0.15) is 0 Å². The Morgan fingerprint density at radius 2 is 1.85 bits per heavy atom. The summed E-state index contributed by atoms with van der Waals surface area (Å²) in [5.74, 6) is 0.247. The molecule has 0 saturated carbocycles. The van der Waals surface area contributed by atoms with Gasteiger partial charge in [0.1, 0.15) is 17.2 Å². The number of methoxy groups -OCH3 is 1. The first kappa shape index (κ1) is 16.4. The largest absolute Gasteiger partial charge is 0.485 e. The van der Waals surface area contributed by atoms with Gasteiger partial charge in [-0.25, -0.2) is 4.79 Å². The van der Waals surface area contributed by atoms with Crippen molar-refractivity contribution >= 4 is 38.3 Å². The van der Waals surface area contributed by atoms with E-state index in [-0.39, 0.29) is 12.5 Å². The van der Waals surface area contributed by atoms with Crippen LogP contribution in [0.3, 0.4) is 0 Å². The molecular formula is C19H15NO5S. The van der Waals surface area contributed by atoms with Crippen LogP contribution in [0.5, 0.6) is 11.5 Å². The van der Waals surface area contributed by atoms with Crippen molar-refractivity contribution in [2.75, 3.05) is 19.0 Å². The zero-order valence-electron chi connectivity index (χ0n) is 13.9. The zero-order valence-corrected chi connectivity index (χ0v) is 14.7. The fraction of sp³-hybridized carbons (Fsp3) is 0.158. The summed E-state index contributed by atoms with van der Waals surface area (Å²) < 4.78 is 17.1. The lowest BCUT2D eigenvalue weighted by Gasteiger charge is -2.25. The summed E-state index contributed by atoms with van der Waals surface area (Å²) in [6, 6.07) is 14.6. The Morgan fingerprint density at radius 3 is 2.65 bits per heavy atom. The quantitative estimate of drug-likeness (QED) is 0.716. The molecule has 1 aliphatic rings. The number of hydrogen-bond acceptors (Lipinski definition) is 6. The Kier molecular flexibility index (Phi) is 4.22. The lowest BCUT2D eigenvalue weighted by Crippen LogP contribution is -2.40. The number of carbonyl (C=O) groups is 2. The molecule has 0 unspecified atom stereocenters. The second-order valence-corrected chi connectivity index (χ2v) is 6.70. The number of para-hydroxylation sites is 2. The van der Waals surface area contributed by atoms with Crippen LogP contribution in [0.1, 0.15) is 10.4 Å². The van der Waals surface area contributed by atoms with Gasteiger partial charge in [0.2, 0.25) is 6.10 Å². The number of nitrogens with one attached hydrogen (secondary N) is 1. The van der Waals surface area contributed by atoms with Crippen LogP contribution in [0.4, 0.5) is 5.00 Å². The summed E-state index contributed by atoms with van der Waals surface area (Å²) in [6.45, 7) is 0.0985. The number of anilines is 1. The molecule has 1 amide bonds. The van der Waals surface area contributed by atoms with E-state index in [1.807, 2.05) is 36.4 Å². The van der Waals surface area contributed by atoms with Crippen LogP contribution < -0.4 is 14.8 Å². The Balaban J connectivity index is 1.61. The van der Waals surface area contributed by atoms with Crippen molar-refractivity contribution in [2.24, 2.45) is 0 Å². The minimum Gasteiger partial charge on any atom is -0.485 e. The van der Waals surface area contributed by atoms with E-state index in [4.69, 9.17) is 14.2 Å².